The SMILES string of the molecule is Cc1cccc(N2CN=c3sc(=C4C(=O)Nc5ccc(C)cc54)c(=O)n3C2)c1. The Kier molecular flexibility index (Phi) is 3.73. The van der Waals surface area contributed by atoms with E-state index in [1.54, 1.807) is 4.57 Å². The standard InChI is InChI=1S/C21H18N4O2S/c1-12-4-3-5-14(8-12)24-10-22-21-25(11-24)20(27)18(28-21)17-15-9-13(2)6-7-16(15)23-19(17)26/h3-9H,10-11H2,1-2H3,(H,23,26). The third-order valence-corrected chi connectivity index (χ3v) is 6.18. The second-order valence-electron chi connectivity index (χ2n) is 7.14. The van der Waals surface area contributed by atoms with Crippen LogP contribution in [0.5, 0.6) is 0 Å². The zero-order valence-electron chi connectivity index (χ0n) is 15.5. The van der Waals surface area contributed by atoms with Crippen molar-refractivity contribution in [2.75, 3.05) is 16.9 Å². The highest BCUT2D eigenvalue weighted by molar-refractivity contribution is 7.07. The van der Waals surface area contributed by atoms with Crippen LogP contribution in [-0.2, 0) is 11.5 Å². The van der Waals surface area contributed by atoms with E-state index in [1.807, 2.05) is 50.2 Å². The maximum Gasteiger partial charge on any atom is 0.272 e. The third kappa shape index (κ3) is 2.58. The highest BCUT2D eigenvalue weighted by Gasteiger charge is 2.28. The van der Waals surface area contributed by atoms with Gasteiger partial charge in [0.15, 0.2) is 4.80 Å². The predicted molar refractivity (Wildman–Crippen MR) is 110 cm³/mol. The molecule has 1 N–H and O–H groups in total. The molecule has 7 heteroatoms. The van der Waals surface area contributed by atoms with Gasteiger partial charge in [0.25, 0.3) is 11.5 Å². The van der Waals surface area contributed by atoms with Crippen molar-refractivity contribution in [2.45, 2.75) is 20.5 Å². The molecule has 28 heavy (non-hydrogen) atoms. The zero-order chi connectivity index (χ0) is 19.4. The minimum Gasteiger partial charge on any atom is -0.334 e. The average Bonchev–Trinajstić information content (AvgIpc) is 3.17. The largest absolute Gasteiger partial charge is 0.334 e. The molecular formula is C21H18N4O2S. The van der Waals surface area contributed by atoms with Crippen LogP contribution in [0, 0.1) is 13.8 Å². The molecule has 6 nitrogen and oxygen atoms in total. The van der Waals surface area contributed by atoms with Crippen LogP contribution in [0.2, 0.25) is 0 Å². The molecular weight excluding hydrogens is 372 g/mol. The fraction of sp³-hybridized carbons (Fsp3) is 0.190. The van der Waals surface area contributed by atoms with Gasteiger partial charge < -0.3 is 10.2 Å². The van der Waals surface area contributed by atoms with Gasteiger partial charge in [-0.15, -0.1) is 0 Å². The monoisotopic (exact) mass is 390 g/mol. The highest BCUT2D eigenvalue weighted by Crippen LogP contribution is 2.30. The van der Waals surface area contributed by atoms with Crippen LogP contribution in [0.1, 0.15) is 16.7 Å². The summed E-state index contributed by atoms with van der Waals surface area (Å²) < 4.78 is 2.10. The maximum atomic E-state index is 13.2. The number of nitrogens with one attached hydrogen (secondary N) is 1. The van der Waals surface area contributed by atoms with Crippen molar-refractivity contribution in [3.8, 4) is 0 Å². The molecule has 0 atom stereocenters. The first-order valence-electron chi connectivity index (χ1n) is 9.04. The molecule has 0 bridgehead atoms. The molecule has 1 amide bonds. The summed E-state index contributed by atoms with van der Waals surface area (Å²) in [7, 11) is 0. The molecule has 0 saturated heterocycles. The summed E-state index contributed by atoms with van der Waals surface area (Å²) in [5.74, 6) is -0.229. The van der Waals surface area contributed by atoms with E-state index >= 15 is 0 Å². The summed E-state index contributed by atoms with van der Waals surface area (Å²) in [6.07, 6.45) is 0. The van der Waals surface area contributed by atoms with E-state index < -0.39 is 0 Å². The smallest absolute Gasteiger partial charge is 0.272 e. The maximum absolute atomic E-state index is 13.2. The molecule has 2 aromatic carbocycles. The van der Waals surface area contributed by atoms with Gasteiger partial charge in [-0.1, -0.05) is 35.1 Å². The van der Waals surface area contributed by atoms with Gasteiger partial charge in [0, 0.05) is 16.9 Å². The van der Waals surface area contributed by atoms with Gasteiger partial charge in [0.1, 0.15) is 17.9 Å². The molecule has 0 radical (unpaired) electrons. The van der Waals surface area contributed by atoms with Crippen molar-refractivity contribution in [3.05, 3.63) is 78.8 Å². The first-order chi connectivity index (χ1) is 13.5. The lowest BCUT2D eigenvalue weighted by molar-refractivity contribution is -0.110. The van der Waals surface area contributed by atoms with Crippen molar-refractivity contribution < 1.29 is 4.79 Å². The fourth-order valence-electron chi connectivity index (χ4n) is 3.66. The van der Waals surface area contributed by atoms with Crippen molar-refractivity contribution in [3.63, 3.8) is 0 Å². The lowest BCUT2D eigenvalue weighted by atomic mass is 10.1. The quantitative estimate of drug-likeness (QED) is 0.688. The van der Waals surface area contributed by atoms with E-state index in [4.69, 9.17) is 0 Å². The van der Waals surface area contributed by atoms with Gasteiger partial charge in [0.05, 0.1) is 5.57 Å². The van der Waals surface area contributed by atoms with E-state index in [0.29, 0.717) is 28.2 Å². The Labute approximate surface area is 165 Å². The highest BCUT2D eigenvalue weighted by atomic mass is 32.1. The number of fused-ring (bicyclic) bond motifs is 2. The van der Waals surface area contributed by atoms with Gasteiger partial charge >= 0.3 is 0 Å². The molecule has 3 aromatic rings. The van der Waals surface area contributed by atoms with Crippen LogP contribution in [0.4, 0.5) is 11.4 Å². The Hall–Kier alpha value is -3.19. The van der Waals surface area contributed by atoms with Crippen LogP contribution in [0.25, 0.3) is 5.57 Å². The summed E-state index contributed by atoms with van der Waals surface area (Å²) in [5, 5.41) is 2.86. The van der Waals surface area contributed by atoms with E-state index in [1.165, 1.54) is 11.3 Å². The van der Waals surface area contributed by atoms with E-state index in [0.717, 1.165) is 28.1 Å². The number of hydrogen-bond donors (Lipinski definition) is 1. The summed E-state index contributed by atoms with van der Waals surface area (Å²) in [5.41, 5.74) is 5.06. The number of hydrogen-bond acceptors (Lipinski definition) is 5. The number of amides is 1. The summed E-state index contributed by atoms with van der Waals surface area (Å²) >= 11 is 1.29. The molecule has 0 saturated carbocycles. The van der Waals surface area contributed by atoms with Gasteiger partial charge in [-0.05, 0) is 43.7 Å². The van der Waals surface area contributed by atoms with E-state index in [2.05, 4.69) is 21.3 Å². The number of aromatic nitrogens is 1. The van der Waals surface area contributed by atoms with Crippen LogP contribution in [-0.4, -0.2) is 17.1 Å². The van der Waals surface area contributed by atoms with E-state index in [-0.39, 0.29) is 11.5 Å². The van der Waals surface area contributed by atoms with Gasteiger partial charge in [-0.2, -0.15) is 0 Å². The van der Waals surface area contributed by atoms with Gasteiger partial charge in [0.2, 0.25) is 0 Å². The molecule has 2 aliphatic heterocycles. The number of anilines is 2. The second-order valence-corrected chi connectivity index (χ2v) is 8.12. The lowest BCUT2D eigenvalue weighted by Crippen LogP contribution is -2.43. The number of carbonyl (C=O) groups excluding carboxylic acids is 1. The summed E-state index contributed by atoms with van der Waals surface area (Å²) in [6.45, 7) is 4.93. The van der Waals surface area contributed by atoms with Crippen molar-refractivity contribution in [1.82, 2.24) is 4.57 Å². The Morgan fingerprint density at radius 3 is 2.71 bits per heavy atom. The number of thiazole rings is 1. The Bertz CT molecular complexity index is 1320. The van der Waals surface area contributed by atoms with Crippen LogP contribution in [0.15, 0.2) is 52.3 Å². The summed E-state index contributed by atoms with van der Waals surface area (Å²) in [4.78, 5) is 33.1. The molecule has 2 aliphatic rings. The van der Waals surface area contributed by atoms with E-state index in [9.17, 15) is 9.59 Å². The zero-order valence-corrected chi connectivity index (χ0v) is 16.3. The number of rotatable bonds is 1. The Balaban J connectivity index is 1.66. The van der Waals surface area contributed by atoms with Crippen molar-refractivity contribution >= 4 is 34.2 Å². The molecule has 0 spiro atoms. The molecule has 0 aliphatic carbocycles. The third-order valence-electron chi connectivity index (χ3n) is 5.07. The number of aryl methyl sites for hydroxylation is 2. The molecule has 0 fully saturated rings. The van der Waals surface area contributed by atoms with Crippen LogP contribution >= 0.6 is 11.3 Å². The molecule has 1 aromatic heterocycles. The number of benzene rings is 2. The lowest BCUT2D eigenvalue weighted by Gasteiger charge is -2.25. The molecule has 3 heterocycles. The second kappa shape index (κ2) is 6.17. The molecule has 140 valence electrons. The minimum atomic E-state index is -0.229. The fourth-order valence-corrected chi connectivity index (χ4v) is 4.71. The van der Waals surface area contributed by atoms with Crippen LogP contribution < -0.4 is 25.1 Å². The van der Waals surface area contributed by atoms with Crippen molar-refractivity contribution in [1.29, 1.82) is 0 Å². The number of carbonyl (C=O) groups is 1. The summed E-state index contributed by atoms with van der Waals surface area (Å²) in [6, 6.07) is 13.9. The topological polar surface area (TPSA) is 66.7 Å². The van der Waals surface area contributed by atoms with Gasteiger partial charge in [-0.3, -0.25) is 14.2 Å². The van der Waals surface area contributed by atoms with Crippen molar-refractivity contribution in [2.24, 2.45) is 4.99 Å². The number of nitrogens with zero attached hydrogens (tertiary/aromatic N) is 3. The normalized spacial score (nSPS) is 17.1. The first-order valence-corrected chi connectivity index (χ1v) is 9.85. The first kappa shape index (κ1) is 16.9. The Morgan fingerprint density at radius 2 is 1.89 bits per heavy atom. The molecule has 0 unspecified atom stereocenters. The van der Waals surface area contributed by atoms with Crippen LogP contribution in [0.3, 0.4) is 0 Å². The molecule has 5 rings (SSSR count). The minimum absolute atomic E-state index is 0.166. The van der Waals surface area contributed by atoms with Gasteiger partial charge in [-0.25, -0.2) is 4.99 Å². The predicted octanol–water partition coefficient (Wildman–Crippen LogP) is 1.73. The average molecular weight is 390 g/mol. The Morgan fingerprint density at radius 1 is 1.07 bits per heavy atom.